The minimum atomic E-state index is -0.879. The van der Waals surface area contributed by atoms with E-state index in [-0.39, 0.29) is 11.5 Å². The van der Waals surface area contributed by atoms with Gasteiger partial charge in [-0.25, -0.2) is 4.79 Å². The van der Waals surface area contributed by atoms with E-state index in [1.54, 1.807) is 30.3 Å². The van der Waals surface area contributed by atoms with Gasteiger partial charge >= 0.3 is 5.97 Å². The highest BCUT2D eigenvalue weighted by Gasteiger charge is 2.17. The van der Waals surface area contributed by atoms with E-state index in [4.69, 9.17) is 10.3 Å². The highest BCUT2D eigenvalue weighted by Crippen LogP contribution is 2.26. The lowest BCUT2D eigenvalue weighted by atomic mass is 10.0. The van der Waals surface area contributed by atoms with Gasteiger partial charge in [-0.3, -0.25) is 4.79 Å². The molecule has 5 nitrogen and oxygen atoms in total. The number of Topliss-reactive ketones (excluding diaryl/α,β-unsaturated/α-hetero) is 1. The van der Waals surface area contributed by atoms with Crippen molar-refractivity contribution < 1.29 is 19.9 Å². The molecule has 2 aromatic carbocycles. The molecule has 0 amide bonds. The van der Waals surface area contributed by atoms with Gasteiger partial charge in [-0.2, -0.15) is 0 Å². The van der Waals surface area contributed by atoms with E-state index in [2.05, 4.69) is 12.1 Å². The van der Waals surface area contributed by atoms with Crippen LogP contribution in [0.25, 0.3) is 11.1 Å². The number of aromatic carboxylic acids is 1. The van der Waals surface area contributed by atoms with Crippen LogP contribution in [0.2, 0.25) is 0 Å². The lowest BCUT2D eigenvalue weighted by Gasteiger charge is -2.02. The second-order valence-electron chi connectivity index (χ2n) is 6.92. The maximum Gasteiger partial charge on any atom is 0.335 e. The molecule has 3 rings (SSSR count). The predicted octanol–water partition coefficient (Wildman–Crippen LogP) is 6.78. The highest BCUT2D eigenvalue weighted by molar-refractivity contribution is 7.13. The van der Waals surface area contributed by atoms with E-state index in [1.165, 1.54) is 11.3 Å². The minimum Gasteiger partial charge on any atom is -0.478 e. The summed E-state index contributed by atoms with van der Waals surface area (Å²) in [5, 5.41) is 22.7. The number of carboxylic acid groups (broad SMARTS) is 1. The summed E-state index contributed by atoms with van der Waals surface area (Å²) in [6, 6.07) is 20.1. The molecular weight excluding hydrogens is 410 g/mol. The monoisotopic (exact) mass is 437 g/mol. The summed E-state index contributed by atoms with van der Waals surface area (Å²) in [4.78, 5) is 23.2. The van der Waals surface area contributed by atoms with Crippen LogP contribution in [-0.2, 0) is 0 Å². The first kappa shape index (κ1) is 24.0. The molecule has 162 valence electrons. The number of thiophene rings is 1. The third-order valence-electron chi connectivity index (χ3n) is 4.60. The molecular formula is C25H27NO4S. The summed E-state index contributed by atoms with van der Waals surface area (Å²) in [5.41, 5.74) is 2.70. The van der Waals surface area contributed by atoms with Gasteiger partial charge in [0, 0.05) is 0 Å². The van der Waals surface area contributed by atoms with Gasteiger partial charge in [0.15, 0.2) is 0 Å². The molecule has 0 atom stereocenters. The van der Waals surface area contributed by atoms with Gasteiger partial charge in [-0.1, -0.05) is 79.9 Å². The zero-order valence-corrected chi connectivity index (χ0v) is 18.3. The third-order valence-corrected chi connectivity index (χ3v) is 5.53. The van der Waals surface area contributed by atoms with Crippen molar-refractivity contribution in [3.63, 3.8) is 0 Å². The summed E-state index contributed by atoms with van der Waals surface area (Å²) in [6.07, 6.45) is 4.77. The normalized spacial score (nSPS) is 10.8. The van der Waals surface area contributed by atoms with Crippen molar-refractivity contribution in [1.29, 1.82) is 0 Å². The zero-order chi connectivity index (χ0) is 22.5. The zero-order valence-electron chi connectivity index (χ0n) is 17.5. The van der Waals surface area contributed by atoms with Gasteiger partial charge in [0.2, 0.25) is 5.78 Å². The number of carbonyl (C=O) groups is 2. The van der Waals surface area contributed by atoms with Gasteiger partial charge in [0.1, 0.15) is 5.71 Å². The van der Waals surface area contributed by atoms with Crippen LogP contribution in [-0.4, -0.2) is 27.8 Å². The number of unbranched alkanes of at least 4 members (excludes halogenated alkanes) is 3. The number of rotatable bonds is 9. The molecule has 0 aliphatic heterocycles. The first-order valence-corrected chi connectivity index (χ1v) is 11.1. The Labute approximate surface area is 186 Å². The number of hydrogen-bond donors (Lipinski definition) is 2. The van der Waals surface area contributed by atoms with E-state index in [9.17, 15) is 9.59 Å². The van der Waals surface area contributed by atoms with E-state index in [0.717, 1.165) is 36.8 Å². The van der Waals surface area contributed by atoms with E-state index in [1.807, 2.05) is 41.8 Å². The lowest BCUT2D eigenvalue weighted by molar-refractivity contribution is 0.0696. The molecule has 0 saturated carbocycles. The molecule has 0 aliphatic carbocycles. The van der Waals surface area contributed by atoms with Gasteiger partial charge in [0.05, 0.1) is 10.4 Å². The van der Waals surface area contributed by atoms with Crippen molar-refractivity contribution in [2.75, 3.05) is 0 Å². The van der Waals surface area contributed by atoms with Crippen LogP contribution in [0, 0.1) is 0 Å². The Hall–Kier alpha value is -3.25. The highest BCUT2D eigenvalue weighted by atomic mass is 32.1. The molecule has 1 heterocycles. The molecule has 0 aliphatic rings. The standard InChI is InChI=1S/C18H21NO2S.C7H6O2/c1-2-3-4-8-11-16(19-21)18(20)17-12-15(13-22-17)14-9-6-5-7-10-14;8-7(9)6-4-2-1-3-5-6/h5-7,9-10,12-13,21H,2-4,8,11H2,1H3;1-5H,(H,8,9). The molecule has 1 aromatic heterocycles. The number of hydrogen-bond acceptors (Lipinski definition) is 5. The van der Waals surface area contributed by atoms with Gasteiger partial charge < -0.3 is 10.3 Å². The van der Waals surface area contributed by atoms with E-state index < -0.39 is 5.97 Å². The van der Waals surface area contributed by atoms with Gasteiger partial charge in [0.25, 0.3) is 0 Å². The molecule has 3 aromatic rings. The molecule has 0 radical (unpaired) electrons. The summed E-state index contributed by atoms with van der Waals surface area (Å²) in [7, 11) is 0. The third kappa shape index (κ3) is 7.83. The van der Waals surface area contributed by atoms with Crippen molar-refractivity contribution in [2.45, 2.75) is 39.0 Å². The summed E-state index contributed by atoms with van der Waals surface area (Å²) < 4.78 is 0. The molecule has 0 bridgehead atoms. The fraction of sp³-hybridized carbons (Fsp3) is 0.240. The molecule has 0 spiro atoms. The van der Waals surface area contributed by atoms with Crippen LogP contribution in [0.5, 0.6) is 0 Å². The van der Waals surface area contributed by atoms with Crippen LogP contribution >= 0.6 is 11.3 Å². The SMILES string of the molecule is CCCCCCC(=NO)C(=O)c1cc(-c2ccccc2)cs1.O=C(O)c1ccccc1. The van der Waals surface area contributed by atoms with Crippen molar-refractivity contribution in [3.05, 3.63) is 82.6 Å². The van der Waals surface area contributed by atoms with Crippen LogP contribution in [0.3, 0.4) is 0 Å². The number of oxime groups is 1. The Kier molecular flexibility index (Phi) is 10.2. The van der Waals surface area contributed by atoms with Crippen LogP contribution < -0.4 is 0 Å². The van der Waals surface area contributed by atoms with Gasteiger partial charge in [-0.05, 0) is 47.5 Å². The summed E-state index contributed by atoms with van der Waals surface area (Å²) in [5.74, 6) is -1.04. The number of carboxylic acids is 1. The molecule has 2 N–H and O–H groups in total. The first-order chi connectivity index (χ1) is 15.1. The fourth-order valence-electron chi connectivity index (χ4n) is 2.89. The maximum atomic E-state index is 12.4. The number of benzene rings is 2. The first-order valence-electron chi connectivity index (χ1n) is 10.2. The second kappa shape index (κ2) is 13.1. The number of ketones is 1. The lowest BCUT2D eigenvalue weighted by Crippen LogP contribution is -2.13. The number of carbonyl (C=O) groups excluding carboxylic acids is 1. The minimum absolute atomic E-state index is 0.161. The molecule has 0 saturated heterocycles. The predicted molar refractivity (Wildman–Crippen MR) is 125 cm³/mol. The van der Waals surface area contributed by atoms with E-state index in [0.29, 0.717) is 16.9 Å². The molecule has 6 heteroatoms. The quantitative estimate of drug-likeness (QED) is 0.127. The Morgan fingerprint density at radius 1 is 0.903 bits per heavy atom. The van der Waals surface area contributed by atoms with E-state index >= 15 is 0 Å². The van der Waals surface area contributed by atoms with Gasteiger partial charge in [-0.15, -0.1) is 11.3 Å². The molecule has 0 fully saturated rings. The smallest absolute Gasteiger partial charge is 0.335 e. The largest absolute Gasteiger partial charge is 0.478 e. The number of nitrogens with zero attached hydrogens (tertiary/aromatic N) is 1. The van der Waals surface area contributed by atoms with Crippen molar-refractivity contribution in [1.82, 2.24) is 0 Å². The Morgan fingerprint density at radius 3 is 2.10 bits per heavy atom. The average molecular weight is 438 g/mol. The second-order valence-corrected chi connectivity index (χ2v) is 7.83. The molecule has 0 unspecified atom stereocenters. The fourth-order valence-corrected chi connectivity index (χ4v) is 3.77. The Morgan fingerprint density at radius 2 is 1.55 bits per heavy atom. The summed E-state index contributed by atoms with van der Waals surface area (Å²) >= 11 is 1.40. The van der Waals surface area contributed by atoms with Crippen molar-refractivity contribution >= 4 is 28.8 Å². The Balaban J connectivity index is 0.000000316. The van der Waals surface area contributed by atoms with Crippen LogP contribution in [0.4, 0.5) is 0 Å². The average Bonchev–Trinajstić information content (AvgIpc) is 3.31. The maximum absolute atomic E-state index is 12.4. The van der Waals surface area contributed by atoms with Crippen molar-refractivity contribution in [2.24, 2.45) is 5.16 Å². The Bertz CT molecular complexity index is 981. The topological polar surface area (TPSA) is 87.0 Å². The molecule has 31 heavy (non-hydrogen) atoms. The van der Waals surface area contributed by atoms with Crippen LogP contribution in [0.15, 0.2) is 77.3 Å². The summed E-state index contributed by atoms with van der Waals surface area (Å²) in [6.45, 7) is 2.14. The van der Waals surface area contributed by atoms with Crippen LogP contribution in [0.1, 0.15) is 59.1 Å². The van der Waals surface area contributed by atoms with Crippen molar-refractivity contribution in [3.8, 4) is 11.1 Å².